The third kappa shape index (κ3) is 8.70. The van der Waals surface area contributed by atoms with Crippen LogP contribution in [-0.4, -0.2) is 50.5 Å². The first kappa shape index (κ1) is 30.9. The molecule has 2 amide bonds. The summed E-state index contributed by atoms with van der Waals surface area (Å²) < 4.78 is 27.5. The molecule has 0 heterocycles. The average molecular weight is 655 g/mol. The summed E-state index contributed by atoms with van der Waals surface area (Å²) in [5.74, 6) is -0.884. The summed E-state index contributed by atoms with van der Waals surface area (Å²) >= 11 is 15.9. The van der Waals surface area contributed by atoms with Gasteiger partial charge in [-0.2, -0.15) is 0 Å². The highest BCUT2D eigenvalue weighted by atomic mass is 79.9. The molecule has 1 atom stereocenters. The van der Waals surface area contributed by atoms with Gasteiger partial charge in [-0.3, -0.25) is 13.9 Å². The minimum Gasteiger partial charge on any atom is -0.354 e. The largest absolute Gasteiger partial charge is 0.354 e. The third-order valence-electron chi connectivity index (χ3n) is 5.97. The summed E-state index contributed by atoms with van der Waals surface area (Å²) in [4.78, 5) is 28.9. The number of amides is 2. The summed E-state index contributed by atoms with van der Waals surface area (Å²) in [7, 11) is -3.95. The summed E-state index contributed by atoms with van der Waals surface area (Å²) in [5.41, 5.74) is 1.72. The van der Waals surface area contributed by atoms with Crippen LogP contribution >= 0.6 is 39.1 Å². The number of sulfonamides is 1. The fourth-order valence-corrected chi connectivity index (χ4v) is 5.55. The molecule has 0 fully saturated rings. The van der Waals surface area contributed by atoms with Gasteiger partial charge in [-0.1, -0.05) is 94.6 Å². The van der Waals surface area contributed by atoms with E-state index in [4.69, 9.17) is 23.2 Å². The van der Waals surface area contributed by atoms with E-state index in [1.54, 1.807) is 6.07 Å². The Morgan fingerprint density at radius 1 is 0.949 bits per heavy atom. The molecule has 39 heavy (non-hydrogen) atoms. The fraction of sp³-hybridized carbons (Fsp3) is 0.286. The lowest BCUT2D eigenvalue weighted by Gasteiger charge is -2.33. The van der Waals surface area contributed by atoms with Gasteiger partial charge in [0.05, 0.1) is 22.0 Å². The lowest BCUT2D eigenvalue weighted by Crippen LogP contribution is -2.53. The molecule has 0 bridgehead atoms. The van der Waals surface area contributed by atoms with Crippen LogP contribution in [0.2, 0.25) is 10.0 Å². The van der Waals surface area contributed by atoms with Crippen molar-refractivity contribution in [2.75, 3.05) is 23.7 Å². The molecule has 1 N–H and O–H groups in total. The number of nitrogens with zero attached hydrogens (tertiary/aromatic N) is 2. The molecular formula is C28H30BrCl2N3O4S. The van der Waals surface area contributed by atoms with E-state index in [1.165, 1.54) is 17.0 Å². The Labute approximate surface area is 248 Å². The molecule has 208 valence electrons. The van der Waals surface area contributed by atoms with Crippen LogP contribution in [0.15, 0.2) is 77.3 Å². The van der Waals surface area contributed by atoms with Gasteiger partial charge in [0.2, 0.25) is 21.8 Å². The van der Waals surface area contributed by atoms with Crippen LogP contribution in [0.25, 0.3) is 0 Å². The Bertz CT molecular complexity index is 1390. The van der Waals surface area contributed by atoms with Crippen molar-refractivity contribution >= 4 is 66.7 Å². The van der Waals surface area contributed by atoms with Gasteiger partial charge in [0.15, 0.2) is 0 Å². The first-order valence-corrected chi connectivity index (χ1v) is 15.7. The monoisotopic (exact) mass is 653 g/mol. The fourth-order valence-electron chi connectivity index (χ4n) is 3.99. The van der Waals surface area contributed by atoms with Crippen LogP contribution in [0.1, 0.15) is 24.5 Å². The van der Waals surface area contributed by atoms with Crippen LogP contribution < -0.4 is 9.62 Å². The van der Waals surface area contributed by atoms with E-state index >= 15 is 0 Å². The maximum absolute atomic E-state index is 14.0. The average Bonchev–Trinajstić information content (AvgIpc) is 2.90. The maximum Gasteiger partial charge on any atom is 0.244 e. The minimum absolute atomic E-state index is 0.0124. The molecule has 0 aliphatic heterocycles. The van der Waals surface area contributed by atoms with Gasteiger partial charge in [0.25, 0.3) is 0 Å². The zero-order valence-electron chi connectivity index (χ0n) is 21.6. The van der Waals surface area contributed by atoms with Gasteiger partial charge < -0.3 is 10.2 Å². The molecule has 0 saturated carbocycles. The van der Waals surface area contributed by atoms with E-state index in [2.05, 4.69) is 21.2 Å². The Morgan fingerprint density at radius 2 is 1.62 bits per heavy atom. The first-order chi connectivity index (χ1) is 18.5. The van der Waals surface area contributed by atoms with Crippen molar-refractivity contribution in [1.82, 2.24) is 10.2 Å². The predicted octanol–water partition coefficient (Wildman–Crippen LogP) is 5.69. The zero-order chi connectivity index (χ0) is 28.6. The second-order valence-electron chi connectivity index (χ2n) is 8.99. The van der Waals surface area contributed by atoms with Gasteiger partial charge in [0, 0.05) is 24.0 Å². The van der Waals surface area contributed by atoms with Crippen LogP contribution in [0.5, 0.6) is 0 Å². The van der Waals surface area contributed by atoms with E-state index in [1.807, 2.05) is 61.5 Å². The second-order valence-corrected chi connectivity index (χ2v) is 12.6. The van der Waals surface area contributed by atoms with Crippen LogP contribution in [0.3, 0.4) is 0 Å². The molecule has 3 rings (SSSR count). The molecule has 0 aliphatic carbocycles. The molecule has 0 radical (unpaired) electrons. The molecular weight excluding hydrogens is 625 g/mol. The van der Waals surface area contributed by atoms with Crippen LogP contribution in [0, 0.1) is 0 Å². The number of carbonyl (C=O) groups is 2. The number of halogens is 3. The highest BCUT2D eigenvalue weighted by Gasteiger charge is 2.33. The number of hydrogen-bond acceptors (Lipinski definition) is 4. The van der Waals surface area contributed by atoms with Crippen molar-refractivity contribution in [1.29, 1.82) is 0 Å². The number of anilines is 1. The van der Waals surface area contributed by atoms with E-state index in [-0.39, 0.29) is 34.6 Å². The first-order valence-electron chi connectivity index (χ1n) is 12.3. The number of hydrogen-bond donors (Lipinski definition) is 1. The Morgan fingerprint density at radius 3 is 2.23 bits per heavy atom. The van der Waals surface area contributed by atoms with Crippen molar-refractivity contribution in [3.05, 3.63) is 98.4 Å². The van der Waals surface area contributed by atoms with Gasteiger partial charge >= 0.3 is 0 Å². The number of carbonyl (C=O) groups excluding carboxylic acids is 2. The SMILES string of the molecule is CCCNC(=O)[C@@H](Cc1ccccc1)N(Cc1ccc(Br)cc1)C(=O)CN(c1cccc(Cl)c1Cl)S(C)(=O)=O. The summed E-state index contributed by atoms with van der Waals surface area (Å²) in [6.07, 6.45) is 1.96. The molecule has 7 nitrogen and oxygen atoms in total. The van der Waals surface area contributed by atoms with E-state index in [0.29, 0.717) is 6.54 Å². The normalized spacial score (nSPS) is 12.0. The maximum atomic E-state index is 14.0. The number of benzene rings is 3. The summed E-state index contributed by atoms with van der Waals surface area (Å²) in [6, 6.07) is 20.4. The van der Waals surface area contributed by atoms with Crippen molar-refractivity contribution in [3.8, 4) is 0 Å². The number of rotatable bonds is 12. The molecule has 0 unspecified atom stereocenters. The topological polar surface area (TPSA) is 86.8 Å². The smallest absolute Gasteiger partial charge is 0.244 e. The minimum atomic E-state index is -3.95. The Balaban J connectivity index is 2.06. The van der Waals surface area contributed by atoms with Crippen molar-refractivity contribution < 1.29 is 18.0 Å². The zero-order valence-corrected chi connectivity index (χ0v) is 25.5. The van der Waals surface area contributed by atoms with Crippen molar-refractivity contribution in [2.24, 2.45) is 0 Å². The molecule has 0 saturated heterocycles. The Kier molecular flexibility index (Phi) is 11.2. The third-order valence-corrected chi connectivity index (χ3v) is 8.43. The second kappa shape index (κ2) is 14.2. The molecule has 3 aromatic rings. The van der Waals surface area contributed by atoms with E-state index in [0.717, 1.165) is 32.6 Å². The summed E-state index contributed by atoms with van der Waals surface area (Å²) in [6.45, 7) is 1.90. The highest BCUT2D eigenvalue weighted by molar-refractivity contribution is 9.10. The van der Waals surface area contributed by atoms with Crippen LogP contribution in [0.4, 0.5) is 5.69 Å². The van der Waals surface area contributed by atoms with E-state index < -0.39 is 28.5 Å². The molecule has 0 aromatic heterocycles. The quantitative estimate of drug-likeness (QED) is 0.272. The van der Waals surface area contributed by atoms with Crippen LogP contribution in [-0.2, 0) is 32.6 Å². The molecule has 11 heteroatoms. The van der Waals surface area contributed by atoms with E-state index in [9.17, 15) is 18.0 Å². The van der Waals surface area contributed by atoms with Crippen molar-refractivity contribution in [2.45, 2.75) is 32.4 Å². The van der Waals surface area contributed by atoms with Gasteiger partial charge in [-0.05, 0) is 41.8 Å². The lowest BCUT2D eigenvalue weighted by atomic mass is 10.0. The van der Waals surface area contributed by atoms with Gasteiger partial charge in [-0.25, -0.2) is 8.42 Å². The van der Waals surface area contributed by atoms with Gasteiger partial charge in [0.1, 0.15) is 12.6 Å². The predicted molar refractivity (Wildman–Crippen MR) is 161 cm³/mol. The highest BCUT2D eigenvalue weighted by Crippen LogP contribution is 2.34. The molecule has 0 spiro atoms. The molecule has 3 aromatic carbocycles. The Hall–Kier alpha value is -2.59. The number of nitrogens with one attached hydrogen (secondary N) is 1. The van der Waals surface area contributed by atoms with Crippen molar-refractivity contribution in [3.63, 3.8) is 0 Å². The lowest BCUT2D eigenvalue weighted by molar-refractivity contribution is -0.140. The van der Waals surface area contributed by atoms with Gasteiger partial charge in [-0.15, -0.1) is 0 Å². The standard InChI is InChI=1S/C28H30BrCl2N3O4S/c1-3-16-32-28(36)25(17-20-8-5-4-6-9-20)33(18-21-12-14-22(29)15-13-21)26(35)19-34(39(2,37)38)24-11-7-10-23(30)27(24)31/h4-15,25H,3,16-19H2,1-2H3,(H,32,36)/t25-/m1/s1. The molecule has 0 aliphatic rings. The summed E-state index contributed by atoms with van der Waals surface area (Å²) in [5, 5.41) is 3.07.